The second kappa shape index (κ2) is 12.0. The fourth-order valence-electron chi connectivity index (χ4n) is 4.18. The van der Waals surface area contributed by atoms with Crippen LogP contribution in [0.4, 0.5) is 0 Å². The fourth-order valence-corrected chi connectivity index (χ4v) is 4.75. The van der Waals surface area contributed by atoms with Gasteiger partial charge in [-0.05, 0) is 46.9 Å². The van der Waals surface area contributed by atoms with Crippen molar-refractivity contribution in [3.8, 4) is 0 Å². The number of rotatable bonds is 8. The maximum atomic E-state index is 12.6. The second-order valence-electron chi connectivity index (χ2n) is 8.72. The van der Waals surface area contributed by atoms with E-state index in [0.29, 0.717) is 19.5 Å². The Balaban J connectivity index is 1.37. The molecule has 2 aromatic carbocycles. The van der Waals surface area contributed by atoms with Crippen LogP contribution in [0.3, 0.4) is 0 Å². The maximum absolute atomic E-state index is 12.6. The van der Waals surface area contributed by atoms with Crippen molar-refractivity contribution in [1.29, 1.82) is 0 Å². The van der Waals surface area contributed by atoms with Crippen LogP contribution >= 0.6 is 23.2 Å². The average Bonchev–Trinajstić information content (AvgIpc) is 2.89. The van der Waals surface area contributed by atoms with Gasteiger partial charge in [-0.3, -0.25) is 14.6 Å². The number of carbonyl (C=O) groups excluding carboxylic acids is 2. The standard InChI is InChI=1S/C28H25Cl2N3O4/c29-22-4-1-5-23(30)26(22)27(35)32-24(28(36)37)15-18-6-8-20(9-7-18)21-10-13-33(14-11-21)25(34)16-19-3-2-12-31-17-19/h1-10,12,17,24H,11,13-16H2,(H,32,35)(H,36,37)/t24-/m0/s1. The number of hydrogen-bond donors (Lipinski definition) is 2. The van der Waals surface area contributed by atoms with E-state index in [0.717, 1.165) is 28.7 Å². The number of aliphatic carboxylic acids is 1. The highest BCUT2D eigenvalue weighted by Gasteiger charge is 2.24. The van der Waals surface area contributed by atoms with Crippen LogP contribution in [0.5, 0.6) is 0 Å². The molecular weight excluding hydrogens is 513 g/mol. The molecule has 0 unspecified atom stereocenters. The topological polar surface area (TPSA) is 99.6 Å². The molecule has 1 aliphatic heterocycles. The highest BCUT2D eigenvalue weighted by molar-refractivity contribution is 6.39. The minimum atomic E-state index is -1.16. The summed E-state index contributed by atoms with van der Waals surface area (Å²) >= 11 is 12.2. The van der Waals surface area contributed by atoms with Gasteiger partial charge in [0, 0.05) is 31.9 Å². The summed E-state index contributed by atoms with van der Waals surface area (Å²) < 4.78 is 0. The average molecular weight is 538 g/mol. The van der Waals surface area contributed by atoms with Gasteiger partial charge in [-0.25, -0.2) is 4.79 Å². The Bertz CT molecular complexity index is 1310. The highest BCUT2D eigenvalue weighted by Crippen LogP contribution is 2.25. The molecule has 0 bridgehead atoms. The molecule has 2 amide bonds. The quantitative estimate of drug-likeness (QED) is 0.434. The largest absolute Gasteiger partial charge is 0.480 e. The van der Waals surface area contributed by atoms with Crippen molar-refractivity contribution in [1.82, 2.24) is 15.2 Å². The molecule has 3 aromatic rings. The zero-order chi connectivity index (χ0) is 26.4. The van der Waals surface area contributed by atoms with Gasteiger partial charge in [0.1, 0.15) is 6.04 Å². The van der Waals surface area contributed by atoms with E-state index in [1.165, 1.54) is 12.1 Å². The lowest BCUT2D eigenvalue weighted by atomic mass is 9.96. The molecule has 0 radical (unpaired) electrons. The monoisotopic (exact) mass is 537 g/mol. The Hall–Kier alpha value is -3.68. The number of amides is 2. The first kappa shape index (κ1) is 26.4. The van der Waals surface area contributed by atoms with E-state index in [-0.39, 0.29) is 27.9 Å². The zero-order valence-corrected chi connectivity index (χ0v) is 21.4. The van der Waals surface area contributed by atoms with Gasteiger partial charge in [0.05, 0.1) is 22.0 Å². The normalized spacial score (nSPS) is 14.0. The van der Waals surface area contributed by atoms with Gasteiger partial charge in [-0.15, -0.1) is 0 Å². The third-order valence-corrected chi connectivity index (χ3v) is 6.83. The zero-order valence-electron chi connectivity index (χ0n) is 19.9. The van der Waals surface area contributed by atoms with Crippen molar-refractivity contribution < 1.29 is 19.5 Å². The van der Waals surface area contributed by atoms with Gasteiger partial charge in [0.2, 0.25) is 5.91 Å². The summed E-state index contributed by atoms with van der Waals surface area (Å²) in [6, 6.07) is 14.8. The number of aromatic nitrogens is 1. The van der Waals surface area contributed by atoms with E-state index in [9.17, 15) is 19.5 Å². The van der Waals surface area contributed by atoms with E-state index >= 15 is 0 Å². The van der Waals surface area contributed by atoms with Crippen LogP contribution in [-0.2, 0) is 22.4 Å². The number of hydrogen-bond acceptors (Lipinski definition) is 4. The first-order valence-corrected chi connectivity index (χ1v) is 12.5. The number of nitrogens with one attached hydrogen (secondary N) is 1. The van der Waals surface area contributed by atoms with E-state index in [1.807, 2.05) is 47.4 Å². The molecule has 9 heteroatoms. The molecule has 1 aromatic heterocycles. The minimum absolute atomic E-state index is 0.0460. The van der Waals surface area contributed by atoms with Gasteiger partial charge < -0.3 is 15.3 Å². The van der Waals surface area contributed by atoms with E-state index in [2.05, 4.69) is 10.3 Å². The molecule has 4 rings (SSSR count). The fraction of sp³-hybridized carbons (Fsp3) is 0.214. The Labute approximate surface area is 224 Å². The molecule has 0 fully saturated rings. The van der Waals surface area contributed by atoms with Gasteiger partial charge in [0.15, 0.2) is 0 Å². The number of halogens is 2. The maximum Gasteiger partial charge on any atom is 0.326 e. The first-order valence-electron chi connectivity index (χ1n) is 11.7. The summed E-state index contributed by atoms with van der Waals surface area (Å²) in [4.78, 5) is 43.0. The molecule has 190 valence electrons. The Morgan fingerprint density at radius 2 is 1.73 bits per heavy atom. The minimum Gasteiger partial charge on any atom is -0.480 e. The van der Waals surface area contributed by atoms with E-state index in [1.54, 1.807) is 18.5 Å². The summed E-state index contributed by atoms with van der Waals surface area (Å²) in [6.45, 7) is 1.16. The molecule has 0 spiro atoms. The Morgan fingerprint density at radius 3 is 2.32 bits per heavy atom. The molecule has 37 heavy (non-hydrogen) atoms. The van der Waals surface area contributed by atoms with Gasteiger partial charge >= 0.3 is 5.97 Å². The van der Waals surface area contributed by atoms with Crippen LogP contribution in [0, 0.1) is 0 Å². The SMILES string of the molecule is O=C(N[C@@H](Cc1ccc(C2=CCN(C(=O)Cc3cccnc3)CC2)cc1)C(=O)O)c1c(Cl)cccc1Cl. The summed E-state index contributed by atoms with van der Waals surface area (Å²) in [7, 11) is 0. The predicted molar refractivity (Wildman–Crippen MR) is 143 cm³/mol. The predicted octanol–water partition coefficient (Wildman–Crippen LogP) is 4.67. The number of carbonyl (C=O) groups is 3. The molecule has 2 heterocycles. The lowest BCUT2D eigenvalue weighted by molar-refractivity contribution is -0.139. The van der Waals surface area contributed by atoms with Crippen molar-refractivity contribution in [2.24, 2.45) is 0 Å². The molecule has 7 nitrogen and oxygen atoms in total. The van der Waals surface area contributed by atoms with E-state index in [4.69, 9.17) is 23.2 Å². The summed E-state index contributed by atoms with van der Waals surface area (Å²) in [5.74, 6) is -1.74. The van der Waals surface area contributed by atoms with Gasteiger partial charge in [-0.2, -0.15) is 0 Å². The van der Waals surface area contributed by atoms with Crippen LogP contribution in [-0.4, -0.2) is 51.9 Å². The van der Waals surface area contributed by atoms with Gasteiger partial charge in [-0.1, -0.05) is 65.7 Å². The number of nitrogens with zero attached hydrogens (tertiary/aromatic N) is 2. The van der Waals surface area contributed by atoms with Crippen molar-refractivity contribution in [3.05, 3.63) is 105 Å². The number of benzene rings is 2. The molecule has 2 N–H and O–H groups in total. The number of pyridine rings is 1. The van der Waals surface area contributed by atoms with Crippen LogP contribution in [0.1, 0.15) is 33.5 Å². The first-order chi connectivity index (χ1) is 17.8. The summed E-state index contributed by atoms with van der Waals surface area (Å²) in [6.07, 6.45) is 6.59. The van der Waals surface area contributed by atoms with Crippen molar-refractivity contribution in [2.45, 2.75) is 25.3 Å². The van der Waals surface area contributed by atoms with E-state index < -0.39 is 17.9 Å². The molecule has 0 saturated carbocycles. The smallest absolute Gasteiger partial charge is 0.326 e. The summed E-state index contributed by atoms with van der Waals surface area (Å²) in [5, 5.41) is 12.5. The molecule has 0 saturated heterocycles. The van der Waals surface area contributed by atoms with Crippen molar-refractivity contribution in [3.63, 3.8) is 0 Å². The number of carboxylic acid groups (broad SMARTS) is 1. The lowest BCUT2D eigenvalue weighted by Gasteiger charge is -2.27. The van der Waals surface area contributed by atoms with Crippen LogP contribution < -0.4 is 5.32 Å². The lowest BCUT2D eigenvalue weighted by Crippen LogP contribution is -2.42. The molecule has 1 atom stereocenters. The number of carboxylic acids is 1. The highest BCUT2D eigenvalue weighted by atomic mass is 35.5. The second-order valence-corrected chi connectivity index (χ2v) is 9.53. The van der Waals surface area contributed by atoms with Crippen LogP contribution in [0.25, 0.3) is 5.57 Å². The summed E-state index contributed by atoms with van der Waals surface area (Å²) in [5.41, 5.74) is 3.84. The van der Waals surface area contributed by atoms with Gasteiger partial charge in [0.25, 0.3) is 5.91 Å². The van der Waals surface area contributed by atoms with Crippen molar-refractivity contribution in [2.75, 3.05) is 13.1 Å². The third kappa shape index (κ3) is 6.76. The molecule has 1 aliphatic rings. The van der Waals surface area contributed by atoms with Crippen LogP contribution in [0.15, 0.2) is 73.1 Å². The third-order valence-electron chi connectivity index (χ3n) is 6.20. The molecular formula is C28H25Cl2N3O4. The van der Waals surface area contributed by atoms with Crippen LogP contribution in [0.2, 0.25) is 10.0 Å². The Morgan fingerprint density at radius 1 is 1.00 bits per heavy atom. The van der Waals surface area contributed by atoms with Crippen molar-refractivity contribution >= 4 is 46.6 Å². The Kier molecular flexibility index (Phi) is 8.58. The molecule has 0 aliphatic carbocycles.